The molecule has 0 aliphatic rings. The van der Waals surface area contributed by atoms with Crippen LogP contribution < -0.4 is 5.32 Å². The van der Waals surface area contributed by atoms with Crippen LogP contribution in [0.25, 0.3) is 11.4 Å². The summed E-state index contributed by atoms with van der Waals surface area (Å²) in [6.07, 6.45) is 0. The molecular weight excluding hydrogens is 386 g/mol. The third kappa shape index (κ3) is 4.72. The molecule has 0 aliphatic carbocycles. The molecule has 0 saturated heterocycles. The van der Waals surface area contributed by atoms with Crippen molar-refractivity contribution in [2.45, 2.75) is 5.16 Å². The molecule has 0 atom stereocenters. The van der Waals surface area contributed by atoms with Gasteiger partial charge in [-0.3, -0.25) is 9.89 Å². The minimum atomic E-state index is -0.538. The quantitative estimate of drug-likeness (QED) is 0.615. The van der Waals surface area contributed by atoms with Crippen molar-refractivity contribution in [1.82, 2.24) is 15.2 Å². The maximum atomic E-state index is 13.1. The van der Waals surface area contributed by atoms with Crippen molar-refractivity contribution in [3.8, 4) is 11.4 Å². The lowest BCUT2D eigenvalue weighted by atomic mass is 10.2. The maximum absolute atomic E-state index is 13.1. The number of rotatable bonds is 5. The standard InChI is InChI=1S/C16H11Cl2FN4OS/c17-10-3-1-9(2-4-10)15-21-16(23-22-15)25-8-14(24)20-11-5-6-13(19)12(18)7-11/h1-7H,8H2,(H,20,24)(H,21,22,23). The van der Waals surface area contributed by atoms with Gasteiger partial charge in [0.1, 0.15) is 5.82 Å². The van der Waals surface area contributed by atoms with Crippen molar-refractivity contribution in [2.75, 3.05) is 11.1 Å². The van der Waals surface area contributed by atoms with Crippen LogP contribution in [0.5, 0.6) is 0 Å². The minimum Gasteiger partial charge on any atom is -0.325 e. The lowest BCUT2D eigenvalue weighted by Gasteiger charge is -2.04. The SMILES string of the molecule is O=C(CSc1n[nH]c(-c2ccc(Cl)cc2)n1)Nc1ccc(F)c(Cl)c1. The van der Waals surface area contributed by atoms with Crippen molar-refractivity contribution in [3.63, 3.8) is 0 Å². The first-order chi connectivity index (χ1) is 12.0. The van der Waals surface area contributed by atoms with E-state index in [2.05, 4.69) is 20.5 Å². The fourth-order valence-electron chi connectivity index (χ4n) is 1.95. The normalized spacial score (nSPS) is 10.7. The summed E-state index contributed by atoms with van der Waals surface area (Å²) in [6, 6.07) is 11.1. The van der Waals surface area contributed by atoms with E-state index in [0.717, 1.165) is 5.56 Å². The zero-order valence-corrected chi connectivity index (χ0v) is 14.9. The molecule has 2 N–H and O–H groups in total. The molecule has 2 aromatic carbocycles. The predicted molar refractivity (Wildman–Crippen MR) is 97.6 cm³/mol. The van der Waals surface area contributed by atoms with Crippen LogP contribution in [0.4, 0.5) is 10.1 Å². The van der Waals surface area contributed by atoms with Gasteiger partial charge in [-0.25, -0.2) is 9.37 Å². The molecule has 0 aliphatic heterocycles. The zero-order chi connectivity index (χ0) is 17.8. The number of benzene rings is 2. The second-order valence-corrected chi connectivity index (χ2v) is 6.73. The Morgan fingerprint density at radius 3 is 2.68 bits per heavy atom. The second kappa shape index (κ2) is 7.86. The predicted octanol–water partition coefficient (Wildman–Crippen LogP) is 4.65. The Labute approximate surface area is 156 Å². The van der Waals surface area contributed by atoms with Gasteiger partial charge in [-0.05, 0) is 42.5 Å². The van der Waals surface area contributed by atoms with Gasteiger partial charge in [0.2, 0.25) is 11.1 Å². The summed E-state index contributed by atoms with van der Waals surface area (Å²) in [5.74, 6) is -0.118. The Balaban J connectivity index is 1.57. The molecule has 25 heavy (non-hydrogen) atoms. The van der Waals surface area contributed by atoms with Gasteiger partial charge in [-0.2, -0.15) is 0 Å². The average molecular weight is 397 g/mol. The van der Waals surface area contributed by atoms with Crippen molar-refractivity contribution in [2.24, 2.45) is 0 Å². The third-order valence-electron chi connectivity index (χ3n) is 3.12. The number of nitrogens with one attached hydrogen (secondary N) is 2. The van der Waals surface area contributed by atoms with Crippen molar-refractivity contribution in [3.05, 3.63) is 58.3 Å². The minimum absolute atomic E-state index is 0.0490. The highest BCUT2D eigenvalue weighted by Gasteiger charge is 2.10. The number of anilines is 1. The first kappa shape index (κ1) is 17.7. The van der Waals surface area contributed by atoms with Crippen LogP contribution in [0.3, 0.4) is 0 Å². The van der Waals surface area contributed by atoms with Gasteiger partial charge >= 0.3 is 0 Å². The summed E-state index contributed by atoms with van der Waals surface area (Å²) in [5, 5.41) is 10.5. The van der Waals surface area contributed by atoms with Gasteiger partial charge in [-0.1, -0.05) is 35.0 Å². The first-order valence-corrected chi connectivity index (χ1v) is 8.81. The van der Waals surface area contributed by atoms with Gasteiger partial charge in [0.05, 0.1) is 10.8 Å². The van der Waals surface area contributed by atoms with Crippen LogP contribution in [0.15, 0.2) is 47.6 Å². The highest BCUT2D eigenvalue weighted by molar-refractivity contribution is 7.99. The largest absolute Gasteiger partial charge is 0.325 e. The van der Waals surface area contributed by atoms with Crippen LogP contribution in [0.2, 0.25) is 10.0 Å². The molecule has 1 heterocycles. The third-order valence-corrected chi connectivity index (χ3v) is 4.51. The first-order valence-electron chi connectivity index (χ1n) is 7.07. The zero-order valence-electron chi connectivity index (χ0n) is 12.6. The monoisotopic (exact) mass is 396 g/mol. The summed E-state index contributed by atoms with van der Waals surface area (Å²) in [5.41, 5.74) is 1.27. The van der Waals surface area contributed by atoms with E-state index in [1.54, 1.807) is 12.1 Å². The fraction of sp³-hybridized carbons (Fsp3) is 0.0625. The lowest BCUT2D eigenvalue weighted by Crippen LogP contribution is -2.14. The molecule has 0 saturated carbocycles. The molecule has 0 bridgehead atoms. The molecule has 0 spiro atoms. The number of thioether (sulfide) groups is 1. The molecular formula is C16H11Cl2FN4OS. The lowest BCUT2D eigenvalue weighted by molar-refractivity contribution is -0.113. The molecule has 5 nitrogen and oxygen atoms in total. The van der Waals surface area contributed by atoms with E-state index in [1.165, 1.54) is 30.0 Å². The summed E-state index contributed by atoms with van der Waals surface area (Å²) >= 11 is 12.7. The van der Waals surface area contributed by atoms with Gasteiger partial charge < -0.3 is 5.32 Å². The highest BCUT2D eigenvalue weighted by atomic mass is 35.5. The van der Waals surface area contributed by atoms with Gasteiger partial charge in [0.25, 0.3) is 0 Å². The Bertz CT molecular complexity index is 901. The second-order valence-electron chi connectivity index (χ2n) is 4.94. The van der Waals surface area contributed by atoms with Crippen molar-refractivity contribution < 1.29 is 9.18 Å². The van der Waals surface area contributed by atoms with E-state index in [9.17, 15) is 9.18 Å². The number of halogens is 3. The summed E-state index contributed by atoms with van der Waals surface area (Å²) in [7, 11) is 0. The number of nitrogens with zero attached hydrogens (tertiary/aromatic N) is 2. The van der Waals surface area contributed by atoms with Gasteiger partial charge in [0, 0.05) is 16.3 Å². The highest BCUT2D eigenvalue weighted by Crippen LogP contribution is 2.22. The molecule has 0 radical (unpaired) electrons. The number of H-pyrrole nitrogens is 1. The average Bonchev–Trinajstić information content (AvgIpc) is 3.06. The molecule has 3 rings (SSSR count). The number of carbonyl (C=O) groups is 1. The van der Waals surface area contributed by atoms with Gasteiger partial charge in [0.15, 0.2) is 5.82 Å². The molecule has 0 fully saturated rings. The van der Waals surface area contributed by atoms with Crippen LogP contribution >= 0.6 is 35.0 Å². The smallest absolute Gasteiger partial charge is 0.234 e. The van der Waals surface area contributed by atoms with Crippen LogP contribution in [0.1, 0.15) is 0 Å². The maximum Gasteiger partial charge on any atom is 0.234 e. The number of amides is 1. The Morgan fingerprint density at radius 1 is 1.20 bits per heavy atom. The number of aromatic amines is 1. The number of carbonyl (C=O) groups excluding carboxylic acids is 1. The van der Waals surface area contributed by atoms with E-state index in [-0.39, 0.29) is 16.7 Å². The van der Waals surface area contributed by atoms with Crippen LogP contribution in [0, 0.1) is 5.82 Å². The molecule has 9 heteroatoms. The topological polar surface area (TPSA) is 70.7 Å². The Hall–Kier alpha value is -2.09. The van der Waals surface area contributed by atoms with E-state index >= 15 is 0 Å². The molecule has 128 valence electrons. The number of hydrogen-bond acceptors (Lipinski definition) is 4. The van der Waals surface area contributed by atoms with E-state index in [0.29, 0.717) is 21.7 Å². The van der Waals surface area contributed by atoms with E-state index in [4.69, 9.17) is 23.2 Å². The van der Waals surface area contributed by atoms with Crippen molar-refractivity contribution in [1.29, 1.82) is 0 Å². The molecule has 1 aromatic heterocycles. The molecule has 3 aromatic rings. The van der Waals surface area contributed by atoms with Crippen LogP contribution in [-0.2, 0) is 4.79 Å². The van der Waals surface area contributed by atoms with E-state index in [1.807, 2.05) is 12.1 Å². The van der Waals surface area contributed by atoms with Gasteiger partial charge in [-0.15, -0.1) is 5.10 Å². The van der Waals surface area contributed by atoms with Crippen molar-refractivity contribution >= 4 is 46.6 Å². The summed E-state index contributed by atoms with van der Waals surface area (Å²) in [4.78, 5) is 16.3. The summed E-state index contributed by atoms with van der Waals surface area (Å²) in [6.45, 7) is 0. The van der Waals surface area contributed by atoms with Crippen LogP contribution in [-0.4, -0.2) is 26.8 Å². The Kier molecular flexibility index (Phi) is 5.57. The number of aromatic nitrogens is 3. The molecule has 0 unspecified atom stereocenters. The van der Waals surface area contributed by atoms with E-state index < -0.39 is 5.82 Å². The molecule has 1 amide bonds. The number of hydrogen-bond donors (Lipinski definition) is 2. The fourth-order valence-corrected chi connectivity index (χ4v) is 2.85. The Morgan fingerprint density at radius 2 is 1.96 bits per heavy atom. The summed E-state index contributed by atoms with van der Waals surface area (Å²) < 4.78 is 13.1.